The van der Waals surface area contributed by atoms with Gasteiger partial charge in [-0.3, -0.25) is 86.3 Å². The van der Waals surface area contributed by atoms with Crippen molar-refractivity contribution in [1.29, 1.82) is 0 Å². The van der Waals surface area contributed by atoms with Crippen molar-refractivity contribution < 1.29 is 162 Å². The number of amides is 8. The van der Waals surface area contributed by atoms with Gasteiger partial charge in [-0.2, -0.15) is 0 Å². The van der Waals surface area contributed by atoms with Crippen molar-refractivity contribution in [2.24, 2.45) is 0 Å². The molecule has 115 heavy (non-hydrogen) atoms. The van der Waals surface area contributed by atoms with E-state index in [2.05, 4.69) is 42.5 Å². The van der Waals surface area contributed by atoms with Gasteiger partial charge in [-0.25, -0.2) is 0 Å². The summed E-state index contributed by atoms with van der Waals surface area (Å²) in [4.78, 5) is 226. The van der Waals surface area contributed by atoms with E-state index in [1.807, 2.05) is 0 Å². The molecule has 8 amide bonds. The van der Waals surface area contributed by atoms with Gasteiger partial charge >= 0.3 is 59.7 Å². The number of hydrogen-bond donors (Lipinski definition) is 9. The van der Waals surface area contributed by atoms with Crippen LogP contribution in [-0.2, 0) is 157 Å². The maximum absolute atomic E-state index is 14.4. The third-order valence-electron chi connectivity index (χ3n) is 17.1. The van der Waals surface area contributed by atoms with E-state index < -0.39 is 219 Å². The molecule has 42 heteroatoms. The highest BCUT2D eigenvalue weighted by molar-refractivity contribution is 5.92. The number of rotatable bonds is 51. The zero-order valence-corrected chi connectivity index (χ0v) is 67.1. The van der Waals surface area contributed by atoms with Crippen molar-refractivity contribution in [3.8, 4) is 0 Å². The maximum Gasteiger partial charge on any atom is 0.303 e. The van der Waals surface area contributed by atoms with Crippen molar-refractivity contribution in [1.82, 2.24) is 42.5 Å². The van der Waals surface area contributed by atoms with Gasteiger partial charge in [-0.15, -0.1) is 0 Å². The number of carboxylic acids is 1. The molecular weight excluding hydrogens is 1530 g/mol. The third-order valence-corrected chi connectivity index (χ3v) is 17.1. The van der Waals surface area contributed by atoms with Crippen LogP contribution in [0.1, 0.15) is 192 Å². The Morgan fingerprint density at radius 2 is 0.609 bits per heavy atom. The fraction of sp³-hybridized carbons (Fsp3) is 0.753. The SMILES string of the molecule is CC(=O)NC1[C@H](OCCCCC(=O)NCCCCC(NC(=O)CCCCO[C@@H]2OC(COC(C)=O)[C@H](OC(C)=O)[C@H](OC(C)=O)C2NC(C)=O)C(=O)NC(CCCCNC(=O)CCCCO[C@@H]2OC(COC(C)=O)[C@H](OC(C)=O)[C@H](OC(C)=O)C2NC(C)=O)C(=O)NCCCC(=O)O)OC(COC(C)=O)[C@H](OC(C)=O)[C@@H]1OC(C)=O. The number of unbranched alkanes of at least 4 members (excludes halogenated alkanes) is 5. The van der Waals surface area contributed by atoms with Gasteiger partial charge in [0.15, 0.2) is 55.5 Å². The largest absolute Gasteiger partial charge is 0.481 e. The molecule has 3 saturated heterocycles. The van der Waals surface area contributed by atoms with Gasteiger partial charge in [0, 0.05) is 148 Å². The Labute approximate surface area is 665 Å². The van der Waals surface area contributed by atoms with E-state index >= 15 is 0 Å². The lowest BCUT2D eigenvalue weighted by Gasteiger charge is -2.44. The number of hydrogen-bond acceptors (Lipinski definition) is 33. The van der Waals surface area contributed by atoms with Crippen molar-refractivity contribution in [3.05, 3.63) is 0 Å². The molecular formula is C73H114N8O34. The fourth-order valence-corrected chi connectivity index (χ4v) is 12.3. The Balaban J connectivity index is 1.76. The molecule has 650 valence electrons. The van der Waals surface area contributed by atoms with Crippen LogP contribution in [0.2, 0.25) is 0 Å². The van der Waals surface area contributed by atoms with Crippen molar-refractivity contribution in [2.75, 3.05) is 59.3 Å². The number of carboxylic acid groups (broad SMARTS) is 1. The number of nitrogens with one attached hydrogen (secondary N) is 8. The first-order valence-electron chi connectivity index (χ1n) is 38.0. The lowest BCUT2D eigenvalue weighted by Crippen LogP contribution is -2.66. The zero-order valence-electron chi connectivity index (χ0n) is 67.1. The van der Waals surface area contributed by atoms with Crippen LogP contribution < -0.4 is 42.5 Å². The number of carbonyl (C=O) groups excluding carboxylic acids is 17. The van der Waals surface area contributed by atoms with Crippen LogP contribution in [0.3, 0.4) is 0 Å². The number of aliphatic carboxylic acids is 1. The molecule has 3 heterocycles. The second kappa shape index (κ2) is 53.4. The summed E-state index contributed by atoms with van der Waals surface area (Å²) < 4.78 is 84.3. The van der Waals surface area contributed by atoms with Gasteiger partial charge in [-0.05, 0) is 83.5 Å². The first-order valence-corrected chi connectivity index (χ1v) is 38.0. The number of carbonyl (C=O) groups is 18. The highest BCUT2D eigenvalue weighted by Crippen LogP contribution is 2.32. The Morgan fingerprint density at radius 3 is 0.904 bits per heavy atom. The van der Waals surface area contributed by atoms with E-state index in [1.165, 1.54) is 20.8 Å². The topological polar surface area (TPSA) is 562 Å². The molecule has 3 aliphatic heterocycles. The minimum absolute atomic E-state index is 0.00175. The standard InChI is InChI=1S/C73H114N8O34/c1-39(82)77-60-66(110-48(10)91)63(107-45(7)88)53(36-104-42(4)85)113-71(60)101-33-20-15-26-56(94)74-30-18-13-24-51(69(99)76-32-23-29-59(97)98)81-70(100)52(80-58(96)28-17-22-35-103-73-62(79-41(3)84)68(112-50(12)93)65(109-47(9)90)55(115-73)38-106-44(6)87)25-14-19-31-75-57(95)27-16-21-34-102-72-61(78-40(2)83)67(111-49(11)92)64(108-46(8)89)54(114-72)37-105-43(5)86/h51-55,60-68,71-73H,13-38H2,1-12H3,(H,74,94)(H,75,95)(H,76,99)(H,77,82)(H,78,83)(H,79,84)(H,80,96)(H,81,100)(H,97,98)/t51?,52?,53?,54?,55?,60?,61?,62?,63-,64-,65-,66+,67+,68+,71+,72+,73+/m0/s1. The molecule has 0 spiro atoms. The molecule has 0 aromatic heterocycles. The monoisotopic (exact) mass is 1650 g/mol. The molecule has 42 nitrogen and oxygen atoms in total. The summed E-state index contributed by atoms with van der Waals surface area (Å²) in [5, 5.41) is 30.8. The summed E-state index contributed by atoms with van der Waals surface area (Å²) in [7, 11) is 0. The predicted molar refractivity (Wildman–Crippen MR) is 389 cm³/mol. The molecule has 3 aliphatic rings. The van der Waals surface area contributed by atoms with Crippen molar-refractivity contribution in [3.63, 3.8) is 0 Å². The van der Waals surface area contributed by atoms with Gasteiger partial charge in [0.05, 0.1) is 0 Å². The molecule has 0 radical (unpaired) electrons. The lowest BCUT2D eigenvalue weighted by molar-refractivity contribution is -0.277. The zero-order chi connectivity index (χ0) is 85.9. The van der Waals surface area contributed by atoms with Gasteiger partial charge in [0.25, 0.3) is 0 Å². The Morgan fingerprint density at radius 1 is 0.313 bits per heavy atom. The van der Waals surface area contributed by atoms with Crippen LogP contribution in [0.5, 0.6) is 0 Å². The first kappa shape index (κ1) is 99.4. The smallest absolute Gasteiger partial charge is 0.303 e. The van der Waals surface area contributed by atoms with Crippen LogP contribution in [0.4, 0.5) is 0 Å². The molecule has 3 fully saturated rings. The number of ether oxygens (including phenoxy) is 15. The normalized spacial score (nSPS) is 23.3. The van der Waals surface area contributed by atoms with E-state index in [0.717, 1.165) is 62.3 Å². The van der Waals surface area contributed by atoms with E-state index in [0.29, 0.717) is 6.42 Å². The van der Waals surface area contributed by atoms with Crippen molar-refractivity contribution >= 4 is 107 Å². The van der Waals surface area contributed by atoms with Crippen LogP contribution >= 0.6 is 0 Å². The van der Waals surface area contributed by atoms with Gasteiger partial charge in [-0.1, -0.05) is 0 Å². The molecule has 0 aromatic rings. The van der Waals surface area contributed by atoms with E-state index in [-0.39, 0.29) is 154 Å². The quantitative estimate of drug-likeness (QED) is 0.0201. The van der Waals surface area contributed by atoms with Gasteiger partial charge < -0.3 is 119 Å². The Hall–Kier alpha value is -9.78. The van der Waals surface area contributed by atoms with Crippen LogP contribution in [0.25, 0.3) is 0 Å². The molecule has 0 saturated carbocycles. The molecule has 3 rings (SSSR count). The number of esters is 9. The first-order chi connectivity index (χ1) is 54.3. The average Bonchev–Trinajstić information content (AvgIpc) is 0.798. The molecule has 0 aliphatic carbocycles. The summed E-state index contributed by atoms with van der Waals surface area (Å²) in [6.45, 7) is 12.0. The van der Waals surface area contributed by atoms with Crippen LogP contribution in [0, 0.1) is 0 Å². The second-order valence-corrected chi connectivity index (χ2v) is 27.3. The van der Waals surface area contributed by atoms with Gasteiger partial charge in [0.2, 0.25) is 47.3 Å². The van der Waals surface area contributed by atoms with Gasteiger partial charge in [0.1, 0.15) is 68.3 Å². The molecule has 8 unspecified atom stereocenters. The summed E-state index contributed by atoms with van der Waals surface area (Å²) >= 11 is 0. The third kappa shape index (κ3) is 40.4. The predicted octanol–water partition coefficient (Wildman–Crippen LogP) is -0.961. The van der Waals surface area contributed by atoms with Crippen LogP contribution in [0.15, 0.2) is 0 Å². The summed E-state index contributed by atoms with van der Waals surface area (Å²) in [6.07, 6.45) is -14.0. The summed E-state index contributed by atoms with van der Waals surface area (Å²) in [5.41, 5.74) is 0. The van der Waals surface area contributed by atoms with Crippen LogP contribution in [-0.4, -0.2) is 275 Å². The van der Waals surface area contributed by atoms with E-state index in [9.17, 15) is 91.4 Å². The molecule has 0 aromatic carbocycles. The molecule has 9 N–H and O–H groups in total. The Bertz CT molecular complexity index is 3270. The second-order valence-electron chi connectivity index (χ2n) is 27.3. The minimum Gasteiger partial charge on any atom is -0.481 e. The maximum atomic E-state index is 14.4. The summed E-state index contributed by atoms with van der Waals surface area (Å²) in [5.74, 6) is -12.6. The summed E-state index contributed by atoms with van der Waals surface area (Å²) in [6, 6.07) is -6.22. The fourth-order valence-electron chi connectivity index (χ4n) is 12.3. The lowest BCUT2D eigenvalue weighted by atomic mass is 9.96. The molecule has 0 bridgehead atoms. The molecule has 17 atom stereocenters. The highest BCUT2D eigenvalue weighted by Gasteiger charge is 2.54. The minimum atomic E-state index is -1.40. The van der Waals surface area contributed by atoms with Crippen molar-refractivity contribution in [2.45, 2.75) is 296 Å². The average molecular weight is 1650 g/mol. The Kier molecular flexibility index (Phi) is 46.2. The van der Waals surface area contributed by atoms with E-state index in [1.54, 1.807) is 0 Å². The highest BCUT2D eigenvalue weighted by atomic mass is 16.7. The van der Waals surface area contributed by atoms with E-state index in [4.69, 9.17) is 71.1 Å².